The first kappa shape index (κ1) is 36.0. The van der Waals surface area contributed by atoms with Crippen LogP contribution in [0.4, 0.5) is 18.4 Å². The van der Waals surface area contributed by atoms with Crippen LogP contribution in [-0.2, 0) is 25.0 Å². The summed E-state index contributed by atoms with van der Waals surface area (Å²) < 4.78 is 86.2. The summed E-state index contributed by atoms with van der Waals surface area (Å²) in [5.74, 6) is -3.76. The van der Waals surface area contributed by atoms with Crippen LogP contribution in [0.15, 0.2) is 60.8 Å². The Bertz CT molecular complexity index is 2970. The van der Waals surface area contributed by atoms with Crippen LogP contribution < -0.4 is 10.6 Å². The number of imidazole rings is 2. The number of alkyl carbamates (subject to hydrolysis) is 2. The quantitative estimate of drug-likeness (QED) is 0.101. The SMILES string of the molecule is [2H][13C]([2H])([2H])OC(=O)N[C@H](C(=O)N1CC2(CC2)C[C@H]1c1ncc(-c2ccc3c(c2)C(F)(F)c2cc(-c4ccc5nc([C@@H]6[C@H]7CC[C@H](C7)N6C(=O)[C@@H](NC(=O)O[13C]([2H])([2H])[2H])C(C)C)[nH]c5c4)ccc2-3)[nH]1)C(C)C. The molecule has 2 saturated heterocycles. The molecule has 10 rings (SSSR count). The van der Waals surface area contributed by atoms with E-state index in [-0.39, 0.29) is 40.3 Å². The highest BCUT2D eigenvalue weighted by atomic mass is 19.3. The summed E-state index contributed by atoms with van der Waals surface area (Å²) >= 11 is 0. The van der Waals surface area contributed by atoms with E-state index >= 15 is 8.78 Å². The van der Waals surface area contributed by atoms with Crippen molar-refractivity contribution >= 4 is 35.0 Å². The molecule has 6 atom stereocenters. The summed E-state index contributed by atoms with van der Waals surface area (Å²) in [5, 5.41) is 4.91. The molecule has 5 aliphatic rings. The molecule has 4 amide bonds. The van der Waals surface area contributed by atoms with Crippen LogP contribution in [0.2, 0.25) is 0 Å². The second-order valence-electron chi connectivity index (χ2n) is 19.2. The van der Waals surface area contributed by atoms with E-state index in [2.05, 4.69) is 35.1 Å². The highest BCUT2D eigenvalue weighted by molar-refractivity contribution is 5.89. The predicted octanol–water partition coefficient (Wildman–Crippen LogP) is 8.61. The van der Waals surface area contributed by atoms with Crippen molar-refractivity contribution < 1.29 is 45.7 Å². The number of carbonyl (C=O) groups excluding carboxylic acids is 4. The van der Waals surface area contributed by atoms with E-state index in [1.165, 1.54) is 12.1 Å². The molecule has 65 heavy (non-hydrogen) atoms. The van der Waals surface area contributed by atoms with Crippen LogP contribution in [0, 0.1) is 23.2 Å². The van der Waals surface area contributed by atoms with Crippen LogP contribution >= 0.6 is 0 Å². The monoisotopic (exact) mass is 896 g/mol. The summed E-state index contributed by atoms with van der Waals surface area (Å²) in [5.41, 5.74) is 3.86. The fourth-order valence-electron chi connectivity index (χ4n) is 11.0. The number of carbonyl (C=O) groups is 4. The number of amides is 4. The molecule has 2 aromatic heterocycles. The molecular weight excluding hydrogens is 837 g/mol. The Hall–Kier alpha value is -6.32. The number of fused-ring (bicyclic) bond motifs is 6. The summed E-state index contributed by atoms with van der Waals surface area (Å²) in [7, 11) is -5.95. The number of likely N-dealkylation sites (tertiary alicyclic amines) is 2. The molecule has 5 aromatic rings. The smallest absolute Gasteiger partial charge is 0.407 e. The minimum absolute atomic E-state index is 0.0926. The number of aromatic nitrogens is 4. The van der Waals surface area contributed by atoms with Crippen molar-refractivity contribution in [1.82, 2.24) is 40.4 Å². The Labute approximate surface area is 383 Å². The molecule has 2 bridgehead atoms. The molecule has 2 saturated carbocycles. The zero-order chi connectivity index (χ0) is 50.7. The lowest BCUT2D eigenvalue weighted by atomic mass is 9.95. The largest absolute Gasteiger partial charge is 0.453 e. The van der Waals surface area contributed by atoms with Crippen LogP contribution in [-0.4, -0.2) is 92.5 Å². The average Bonchev–Trinajstić information content (AvgIpc) is 3.94. The van der Waals surface area contributed by atoms with Crippen molar-refractivity contribution in [3.05, 3.63) is 83.6 Å². The van der Waals surface area contributed by atoms with Gasteiger partial charge >= 0.3 is 12.2 Å². The lowest BCUT2D eigenvalue weighted by Crippen LogP contribution is -2.54. The minimum atomic E-state index is -3.36. The molecule has 3 aromatic carbocycles. The van der Waals surface area contributed by atoms with Gasteiger partial charge in [-0.05, 0) is 108 Å². The number of halogens is 2. The molecule has 16 heteroatoms. The topological polar surface area (TPSA) is 175 Å². The molecule has 340 valence electrons. The first-order chi connectivity index (χ1) is 33.4. The minimum Gasteiger partial charge on any atom is -0.453 e. The number of nitrogens with zero attached hydrogens (tertiary/aromatic N) is 4. The van der Waals surface area contributed by atoms with Gasteiger partial charge in [0, 0.05) is 29.3 Å². The van der Waals surface area contributed by atoms with Gasteiger partial charge in [0.05, 0.1) is 57.3 Å². The van der Waals surface area contributed by atoms with Crippen LogP contribution in [0.1, 0.15) is 109 Å². The molecule has 0 unspecified atom stereocenters. The number of hydrogen-bond donors (Lipinski definition) is 4. The average molecular weight is 897 g/mol. The lowest BCUT2D eigenvalue weighted by molar-refractivity contribution is -0.139. The first-order valence-electron chi connectivity index (χ1n) is 25.2. The maximum absolute atomic E-state index is 16.7. The molecule has 4 heterocycles. The fourth-order valence-corrected chi connectivity index (χ4v) is 11.0. The number of hydrogen-bond acceptors (Lipinski definition) is 8. The maximum atomic E-state index is 16.7. The van der Waals surface area contributed by atoms with E-state index in [1.54, 1.807) is 68.0 Å². The Kier molecular flexibility index (Phi) is 8.68. The summed E-state index contributed by atoms with van der Waals surface area (Å²) in [6, 6.07) is 12.3. The molecule has 2 aliphatic heterocycles. The second-order valence-corrected chi connectivity index (χ2v) is 19.2. The number of benzene rings is 3. The van der Waals surface area contributed by atoms with Gasteiger partial charge < -0.3 is 39.9 Å². The number of H-pyrrole nitrogens is 2. The van der Waals surface area contributed by atoms with Gasteiger partial charge in [0.2, 0.25) is 11.8 Å². The van der Waals surface area contributed by atoms with Gasteiger partial charge in [0.25, 0.3) is 5.92 Å². The Morgan fingerprint density at radius 2 is 1.45 bits per heavy atom. The highest BCUT2D eigenvalue weighted by Gasteiger charge is 2.56. The van der Waals surface area contributed by atoms with Crippen molar-refractivity contribution in [2.45, 2.75) is 102 Å². The van der Waals surface area contributed by atoms with Crippen LogP contribution in [0.3, 0.4) is 0 Å². The van der Waals surface area contributed by atoms with E-state index < -0.39 is 68.2 Å². The van der Waals surface area contributed by atoms with Gasteiger partial charge in [-0.2, -0.15) is 8.78 Å². The zero-order valence-electron chi connectivity index (χ0n) is 42.3. The molecular formula is C49H54F2N8O6. The normalized spacial score (nSPS) is 24.7. The number of aromatic amines is 2. The van der Waals surface area contributed by atoms with E-state index in [0.29, 0.717) is 69.2 Å². The van der Waals surface area contributed by atoms with E-state index in [4.69, 9.17) is 13.2 Å². The molecule has 3 aliphatic carbocycles. The van der Waals surface area contributed by atoms with E-state index in [9.17, 15) is 19.2 Å². The van der Waals surface area contributed by atoms with Crippen molar-refractivity contribution in [3.8, 4) is 33.5 Å². The molecule has 14 nitrogen and oxygen atoms in total. The van der Waals surface area contributed by atoms with Crippen LogP contribution in [0.5, 0.6) is 0 Å². The summed E-state index contributed by atoms with van der Waals surface area (Å²) in [4.78, 5) is 72.9. The van der Waals surface area contributed by atoms with E-state index in [1.807, 2.05) is 18.2 Å². The number of methoxy groups -OCH3 is 2. The number of piperidine rings is 1. The Balaban J connectivity index is 0.875. The number of rotatable bonds is 10. The number of nitrogens with one attached hydrogen (secondary N) is 4. The third kappa shape index (κ3) is 7.19. The predicted molar refractivity (Wildman–Crippen MR) is 237 cm³/mol. The van der Waals surface area contributed by atoms with Gasteiger partial charge in [-0.25, -0.2) is 19.6 Å². The summed E-state index contributed by atoms with van der Waals surface area (Å²) in [6.45, 7) is 7.42. The zero-order valence-corrected chi connectivity index (χ0v) is 36.3. The first-order valence-corrected chi connectivity index (χ1v) is 22.2. The lowest BCUT2D eigenvalue weighted by Gasteiger charge is -2.37. The Morgan fingerprint density at radius 1 is 0.815 bits per heavy atom. The van der Waals surface area contributed by atoms with E-state index in [0.717, 1.165) is 32.1 Å². The Morgan fingerprint density at radius 3 is 2.11 bits per heavy atom. The number of alkyl halides is 2. The summed E-state index contributed by atoms with van der Waals surface area (Å²) in [6.07, 6.45) is 3.97. The molecule has 4 N–H and O–H groups in total. The van der Waals surface area contributed by atoms with Gasteiger partial charge in [-0.1, -0.05) is 58.0 Å². The standard InChI is InChI=1S/C49H54F2N8O6/c1-24(2)39(56-46(62)64-5)44(60)58-23-48(15-16-48)21-38(58)42-52-22-37(55-42)28-9-13-32-31-12-8-26(18-33(31)49(50,51)34(32)19-28)27-10-14-35-36(20-27)54-43(53-35)41-29-7-11-30(17-29)59(41)45(61)40(25(3)4)57-47(63)65-6/h8-10,12-14,18-20,22,24-25,29-30,38-41H,7,11,15-17,21,23H2,1-6H3,(H,52,55)(H,53,54)(H,56,62)(H,57,63)/t29-,30+,38-,39-,40-,41-/m0/s1/i5+1D3,6+1D3. The van der Waals surface area contributed by atoms with Crippen molar-refractivity contribution in [2.24, 2.45) is 23.2 Å². The third-order valence-corrected chi connectivity index (χ3v) is 14.5. The second kappa shape index (κ2) is 15.7. The van der Waals surface area contributed by atoms with Crippen molar-refractivity contribution in [3.63, 3.8) is 0 Å². The molecule has 4 fully saturated rings. The number of ether oxygens (including phenoxy) is 2. The molecule has 1 spiro atoms. The van der Waals surface area contributed by atoms with Crippen molar-refractivity contribution in [2.75, 3.05) is 20.6 Å². The van der Waals surface area contributed by atoms with Gasteiger partial charge in [-0.15, -0.1) is 0 Å². The van der Waals surface area contributed by atoms with Crippen molar-refractivity contribution in [1.29, 1.82) is 0 Å². The van der Waals surface area contributed by atoms with Gasteiger partial charge in [-0.3, -0.25) is 9.59 Å². The van der Waals surface area contributed by atoms with Gasteiger partial charge in [0.1, 0.15) is 23.7 Å². The van der Waals surface area contributed by atoms with Crippen LogP contribution in [0.25, 0.3) is 44.5 Å². The highest BCUT2D eigenvalue weighted by Crippen LogP contribution is 2.59. The fraction of sp³-hybridized carbons (Fsp3) is 0.469. The third-order valence-electron chi connectivity index (χ3n) is 14.5. The molecule has 0 radical (unpaired) electrons. The maximum Gasteiger partial charge on any atom is 0.407 e. The van der Waals surface area contributed by atoms with Gasteiger partial charge in [0.15, 0.2) is 0 Å².